The quantitative estimate of drug-likeness (QED) is 0.433. The van der Waals surface area contributed by atoms with Crippen molar-refractivity contribution in [1.82, 2.24) is 10.2 Å². The van der Waals surface area contributed by atoms with Crippen molar-refractivity contribution in [2.45, 2.75) is 39.8 Å². The first-order valence-electron chi connectivity index (χ1n) is 11.1. The standard InChI is InChI=1S/C24H32BrN3O5S/c1-5-14-26-24(30)18(3)27(16-19-8-7-9-20(25)15-19)23(29)17-28(34(4,31)32)21-10-12-22(13-11-21)33-6-2/h7-13,15,18H,5-6,14,16-17H2,1-4H3,(H,26,30)/t18-/m0/s1. The number of rotatable bonds is 12. The Morgan fingerprint density at radius 2 is 1.79 bits per heavy atom. The van der Waals surface area contributed by atoms with E-state index in [1.807, 2.05) is 38.1 Å². The maximum Gasteiger partial charge on any atom is 0.244 e. The molecule has 0 saturated carbocycles. The Balaban J connectivity index is 2.35. The lowest BCUT2D eigenvalue weighted by Gasteiger charge is -2.31. The minimum absolute atomic E-state index is 0.153. The van der Waals surface area contributed by atoms with Crippen molar-refractivity contribution < 1.29 is 22.7 Å². The number of halogens is 1. The number of carbonyl (C=O) groups excluding carboxylic acids is 2. The maximum absolute atomic E-state index is 13.5. The first-order chi connectivity index (χ1) is 16.1. The van der Waals surface area contributed by atoms with E-state index in [2.05, 4.69) is 21.2 Å². The Labute approximate surface area is 210 Å². The van der Waals surface area contributed by atoms with Crippen molar-refractivity contribution in [1.29, 1.82) is 0 Å². The molecule has 2 aromatic carbocycles. The molecule has 0 fully saturated rings. The molecule has 0 aliphatic rings. The van der Waals surface area contributed by atoms with Gasteiger partial charge in [0.15, 0.2) is 0 Å². The van der Waals surface area contributed by atoms with Gasteiger partial charge in [-0.05, 0) is 62.2 Å². The third kappa shape index (κ3) is 8.02. The molecule has 0 aliphatic heterocycles. The number of sulfonamides is 1. The Morgan fingerprint density at radius 1 is 1.12 bits per heavy atom. The van der Waals surface area contributed by atoms with Gasteiger partial charge >= 0.3 is 0 Å². The second kappa shape index (κ2) is 12.8. The molecule has 0 unspecified atom stereocenters. The van der Waals surface area contributed by atoms with Crippen molar-refractivity contribution in [3.63, 3.8) is 0 Å². The molecular weight excluding hydrogens is 522 g/mol. The first kappa shape index (κ1) is 27.7. The Bertz CT molecular complexity index is 1080. The molecule has 0 aromatic heterocycles. The molecule has 186 valence electrons. The second-order valence-electron chi connectivity index (χ2n) is 7.82. The number of anilines is 1. The Kier molecular flexibility index (Phi) is 10.4. The summed E-state index contributed by atoms with van der Waals surface area (Å²) >= 11 is 3.42. The zero-order chi connectivity index (χ0) is 25.3. The van der Waals surface area contributed by atoms with Crippen LogP contribution in [0.3, 0.4) is 0 Å². The fraction of sp³-hybridized carbons (Fsp3) is 0.417. The van der Waals surface area contributed by atoms with E-state index in [-0.39, 0.29) is 12.5 Å². The number of nitrogens with zero attached hydrogens (tertiary/aromatic N) is 2. The predicted molar refractivity (Wildman–Crippen MR) is 137 cm³/mol. The van der Waals surface area contributed by atoms with E-state index >= 15 is 0 Å². The molecule has 0 saturated heterocycles. The Morgan fingerprint density at radius 3 is 2.35 bits per heavy atom. The highest BCUT2D eigenvalue weighted by atomic mass is 79.9. The van der Waals surface area contributed by atoms with Gasteiger partial charge < -0.3 is 15.0 Å². The minimum atomic E-state index is -3.77. The molecule has 1 N–H and O–H groups in total. The van der Waals surface area contributed by atoms with Crippen LogP contribution in [0.4, 0.5) is 5.69 Å². The minimum Gasteiger partial charge on any atom is -0.494 e. The van der Waals surface area contributed by atoms with Gasteiger partial charge in [-0.1, -0.05) is 35.0 Å². The summed E-state index contributed by atoms with van der Waals surface area (Å²) in [4.78, 5) is 27.6. The summed E-state index contributed by atoms with van der Waals surface area (Å²) < 4.78 is 32.5. The van der Waals surface area contributed by atoms with Crippen LogP contribution in [0.1, 0.15) is 32.8 Å². The van der Waals surface area contributed by atoms with E-state index in [1.165, 1.54) is 4.90 Å². The third-order valence-corrected chi connectivity index (χ3v) is 6.71. The summed E-state index contributed by atoms with van der Waals surface area (Å²) in [6.07, 6.45) is 1.81. The van der Waals surface area contributed by atoms with Crippen LogP contribution in [0.2, 0.25) is 0 Å². The van der Waals surface area contributed by atoms with Crippen molar-refractivity contribution >= 4 is 43.5 Å². The predicted octanol–water partition coefficient (Wildman–Crippen LogP) is 3.56. The van der Waals surface area contributed by atoms with Crippen LogP contribution in [0.5, 0.6) is 5.75 Å². The van der Waals surface area contributed by atoms with Crippen molar-refractivity contribution in [3.05, 3.63) is 58.6 Å². The van der Waals surface area contributed by atoms with E-state index in [1.54, 1.807) is 31.2 Å². The number of hydrogen-bond donors (Lipinski definition) is 1. The van der Waals surface area contributed by atoms with Crippen LogP contribution < -0.4 is 14.4 Å². The fourth-order valence-corrected chi connectivity index (χ4v) is 4.60. The van der Waals surface area contributed by atoms with Crippen LogP contribution in [-0.4, -0.2) is 57.1 Å². The van der Waals surface area contributed by atoms with Gasteiger partial charge in [-0.15, -0.1) is 0 Å². The molecule has 0 bridgehead atoms. The zero-order valence-electron chi connectivity index (χ0n) is 20.0. The highest BCUT2D eigenvalue weighted by Gasteiger charge is 2.30. The topological polar surface area (TPSA) is 96.0 Å². The molecule has 0 heterocycles. The van der Waals surface area contributed by atoms with E-state index in [0.29, 0.717) is 24.6 Å². The number of amides is 2. The summed E-state index contributed by atoms with van der Waals surface area (Å²) in [5.41, 5.74) is 1.15. The zero-order valence-corrected chi connectivity index (χ0v) is 22.4. The van der Waals surface area contributed by atoms with Crippen LogP contribution in [0, 0.1) is 0 Å². The number of carbonyl (C=O) groups is 2. The lowest BCUT2D eigenvalue weighted by atomic mass is 10.1. The third-order valence-electron chi connectivity index (χ3n) is 5.07. The van der Waals surface area contributed by atoms with Gasteiger partial charge in [-0.2, -0.15) is 0 Å². The van der Waals surface area contributed by atoms with Gasteiger partial charge in [0.1, 0.15) is 18.3 Å². The highest BCUT2D eigenvalue weighted by Crippen LogP contribution is 2.23. The summed E-state index contributed by atoms with van der Waals surface area (Å²) in [6.45, 7) is 6.12. The average Bonchev–Trinajstić information content (AvgIpc) is 2.79. The molecular formula is C24H32BrN3O5S. The second-order valence-corrected chi connectivity index (χ2v) is 10.6. The molecule has 0 spiro atoms. The molecule has 2 amide bonds. The fourth-order valence-electron chi connectivity index (χ4n) is 3.30. The monoisotopic (exact) mass is 553 g/mol. The van der Waals surface area contributed by atoms with E-state index in [9.17, 15) is 18.0 Å². The van der Waals surface area contributed by atoms with Gasteiger partial charge in [0.25, 0.3) is 0 Å². The van der Waals surface area contributed by atoms with E-state index in [4.69, 9.17) is 4.74 Å². The molecule has 1 atom stereocenters. The van der Waals surface area contributed by atoms with Gasteiger partial charge in [0.05, 0.1) is 18.6 Å². The van der Waals surface area contributed by atoms with Crippen LogP contribution in [0.15, 0.2) is 53.0 Å². The van der Waals surface area contributed by atoms with Gasteiger partial charge in [0.2, 0.25) is 21.8 Å². The molecule has 0 aliphatic carbocycles. The van der Waals surface area contributed by atoms with Gasteiger partial charge in [-0.3, -0.25) is 13.9 Å². The maximum atomic E-state index is 13.5. The number of ether oxygens (including phenoxy) is 1. The number of hydrogen-bond acceptors (Lipinski definition) is 5. The average molecular weight is 555 g/mol. The smallest absolute Gasteiger partial charge is 0.244 e. The molecule has 34 heavy (non-hydrogen) atoms. The van der Waals surface area contributed by atoms with Crippen LogP contribution in [-0.2, 0) is 26.2 Å². The van der Waals surface area contributed by atoms with Crippen molar-refractivity contribution in [2.24, 2.45) is 0 Å². The molecule has 2 rings (SSSR count). The SMILES string of the molecule is CCCNC(=O)[C@H](C)N(Cc1cccc(Br)c1)C(=O)CN(c1ccc(OCC)cc1)S(C)(=O)=O. The summed E-state index contributed by atoms with van der Waals surface area (Å²) in [7, 11) is -3.77. The van der Waals surface area contributed by atoms with Crippen LogP contribution >= 0.6 is 15.9 Å². The number of benzene rings is 2. The highest BCUT2D eigenvalue weighted by molar-refractivity contribution is 9.10. The lowest BCUT2D eigenvalue weighted by Crippen LogP contribution is -2.51. The first-order valence-corrected chi connectivity index (χ1v) is 13.7. The molecule has 8 nitrogen and oxygen atoms in total. The Hall–Kier alpha value is -2.59. The van der Waals surface area contributed by atoms with E-state index in [0.717, 1.165) is 27.0 Å². The largest absolute Gasteiger partial charge is 0.494 e. The lowest BCUT2D eigenvalue weighted by molar-refractivity contribution is -0.139. The van der Waals surface area contributed by atoms with Crippen molar-refractivity contribution in [3.8, 4) is 5.75 Å². The summed E-state index contributed by atoms with van der Waals surface area (Å²) in [5, 5.41) is 2.81. The molecule has 10 heteroatoms. The normalized spacial score (nSPS) is 12.0. The number of nitrogens with one attached hydrogen (secondary N) is 1. The van der Waals surface area contributed by atoms with E-state index < -0.39 is 28.5 Å². The molecule has 0 radical (unpaired) electrons. The van der Waals surface area contributed by atoms with Crippen molar-refractivity contribution in [2.75, 3.05) is 30.3 Å². The van der Waals surface area contributed by atoms with Gasteiger partial charge in [0, 0.05) is 17.6 Å². The summed E-state index contributed by atoms with van der Waals surface area (Å²) in [5.74, 6) is -0.181. The van der Waals surface area contributed by atoms with Crippen LogP contribution in [0.25, 0.3) is 0 Å². The van der Waals surface area contributed by atoms with Gasteiger partial charge in [-0.25, -0.2) is 8.42 Å². The molecule has 2 aromatic rings. The summed E-state index contributed by atoms with van der Waals surface area (Å²) in [6, 6.07) is 13.1.